The van der Waals surface area contributed by atoms with Crippen LogP contribution in [0.2, 0.25) is 5.02 Å². The van der Waals surface area contributed by atoms with Crippen molar-refractivity contribution in [2.45, 2.75) is 46.1 Å². The molecule has 2 aromatic heterocycles. The standard InChI is InChI=1S/C20H21ClN4O2S/c1-10-7-8-13-16(9-10)28-19-17(13)20(27)25(24-23-19)12(3)18(26)22-15-6-4-5-14(21)11(15)2/h4-6,10,12H,7-9H2,1-3H3,(H,22,26)/t10-,12-/m0/s1. The van der Waals surface area contributed by atoms with Gasteiger partial charge in [-0.05, 0) is 62.3 Å². The van der Waals surface area contributed by atoms with E-state index in [1.54, 1.807) is 36.5 Å². The molecule has 0 spiro atoms. The number of hydrogen-bond donors (Lipinski definition) is 1. The number of carbonyl (C=O) groups is 1. The van der Waals surface area contributed by atoms with Crippen LogP contribution in [-0.2, 0) is 17.6 Å². The zero-order chi connectivity index (χ0) is 20.0. The molecule has 1 aromatic carbocycles. The van der Waals surface area contributed by atoms with E-state index in [0.717, 1.165) is 30.4 Å². The van der Waals surface area contributed by atoms with Crippen LogP contribution in [0.5, 0.6) is 0 Å². The molecule has 2 heterocycles. The minimum absolute atomic E-state index is 0.248. The Balaban J connectivity index is 1.68. The monoisotopic (exact) mass is 416 g/mol. The summed E-state index contributed by atoms with van der Waals surface area (Å²) in [5, 5.41) is 12.3. The van der Waals surface area contributed by atoms with Gasteiger partial charge < -0.3 is 5.32 Å². The van der Waals surface area contributed by atoms with Crippen LogP contribution in [0.4, 0.5) is 5.69 Å². The number of fused-ring (bicyclic) bond motifs is 3. The molecule has 1 aliphatic carbocycles. The predicted molar refractivity (Wildman–Crippen MR) is 112 cm³/mol. The summed E-state index contributed by atoms with van der Waals surface area (Å²) < 4.78 is 1.18. The van der Waals surface area contributed by atoms with Crippen molar-refractivity contribution in [2.24, 2.45) is 5.92 Å². The van der Waals surface area contributed by atoms with Crippen molar-refractivity contribution in [2.75, 3.05) is 5.32 Å². The van der Waals surface area contributed by atoms with Gasteiger partial charge in [-0.15, -0.1) is 16.4 Å². The molecule has 6 nitrogen and oxygen atoms in total. The molecule has 1 N–H and O–H groups in total. The number of rotatable bonds is 3. The number of aryl methyl sites for hydroxylation is 1. The third-order valence-electron chi connectivity index (χ3n) is 5.42. The Kier molecular flexibility index (Phi) is 4.97. The number of amides is 1. The van der Waals surface area contributed by atoms with E-state index in [9.17, 15) is 9.59 Å². The SMILES string of the molecule is Cc1c(Cl)cccc1NC(=O)[C@H](C)n1nnc2sc3c(c2c1=O)CC[C@H](C)C3. The number of nitrogens with zero attached hydrogens (tertiary/aromatic N) is 3. The van der Waals surface area contributed by atoms with Crippen molar-refractivity contribution in [1.82, 2.24) is 15.0 Å². The summed E-state index contributed by atoms with van der Waals surface area (Å²) in [4.78, 5) is 27.8. The highest BCUT2D eigenvalue weighted by Gasteiger charge is 2.26. The van der Waals surface area contributed by atoms with Crippen molar-refractivity contribution in [3.63, 3.8) is 0 Å². The Morgan fingerprint density at radius 3 is 3.00 bits per heavy atom. The van der Waals surface area contributed by atoms with Crippen LogP contribution in [0.25, 0.3) is 10.2 Å². The minimum atomic E-state index is -0.791. The van der Waals surface area contributed by atoms with Crippen LogP contribution in [0.15, 0.2) is 23.0 Å². The fourth-order valence-corrected chi connectivity index (χ4v) is 5.11. The van der Waals surface area contributed by atoms with Gasteiger partial charge in [0.25, 0.3) is 5.56 Å². The summed E-state index contributed by atoms with van der Waals surface area (Å²) in [6, 6.07) is 4.52. The summed E-state index contributed by atoms with van der Waals surface area (Å²) in [5.74, 6) is 0.278. The van der Waals surface area contributed by atoms with Crippen LogP contribution in [0.3, 0.4) is 0 Å². The molecule has 28 heavy (non-hydrogen) atoms. The number of carbonyl (C=O) groups excluding carboxylic acids is 1. The normalized spacial score (nSPS) is 17.4. The topological polar surface area (TPSA) is 76.9 Å². The first kappa shape index (κ1) is 19.1. The van der Waals surface area contributed by atoms with E-state index in [1.807, 2.05) is 6.92 Å². The second kappa shape index (κ2) is 7.29. The summed E-state index contributed by atoms with van der Waals surface area (Å²) in [6.07, 6.45) is 2.91. The van der Waals surface area contributed by atoms with Crippen molar-refractivity contribution in [1.29, 1.82) is 0 Å². The lowest BCUT2D eigenvalue weighted by molar-refractivity contribution is -0.119. The van der Waals surface area contributed by atoms with E-state index in [2.05, 4.69) is 22.6 Å². The number of anilines is 1. The molecule has 3 aromatic rings. The summed E-state index contributed by atoms with van der Waals surface area (Å²) in [7, 11) is 0. The maximum atomic E-state index is 13.1. The average molecular weight is 417 g/mol. The summed E-state index contributed by atoms with van der Waals surface area (Å²) in [6.45, 7) is 5.71. The fraction of sp³-hybridized carbons (Fsp3) is 0.400. The Morgan fingerprint density at radius 2 is 2.21 bits per heavy atom. The molecule has 0 saturated heterocycles. The third kappa shape index (κ3) is 3.22. The Bertz CT molecular complexity index is 1140. The number of thiophene rings is 1. The molecule has 1 aliphatic rings. The molecular formula is C20H21ClN4O2S. The number of hydrogen-bond acceptors (Lipinski definition) is 5. The fourth-order valence-electron chi connectivity index (χ4n) is 3.62. The summed E-state index contributed by atoms with van der Waals surface area (Å²) >= 11 is 7.67. The largest absolute Gasteiger partial charge is 0.324 e. The quantitative estimate of drug-likeness (QED) is 0.696. The first-order chi connectivity index (χ1) is 13.4. The van der Waals surface area contributed by atoms with Gasteiger partial charge in [0, 0.05) is 15.6 Å². The van der Waals surface area contributed by atoms with Crippen LogP contribution in [0, 0.1) is 12.8 Å². The zero-order valence-electron chi connectivity index (χ0n) is 16.0. The Hall–Kier alpha value is -2.25. The number of nitrogens with one attached hydrogen (secondary N) is 1. The molecule has 0 bridgehead atoms. The van der Waals surface area contributed by atoms with E-state index in [4.69, 9.17) is 11.6 Å². The number of aromatic nitrogens is 3. The van der Waals surface area contributed by atoms with Gasteiger partial charge in [0.15, 0.2) is 4.83 Å². The van der Waals surface area contributed by atoms with Crippen LogP contribution in [-0.4, -0.2) is 20.9 Å². The zero-order valence-corrected chi connectivity index (χ0v) is 17.5. The van der Waals surface area contributed by atoms with E-state index in [0.29, 0.717) is 26.8 Å². The first-order valence-electron chi connectivity index (χ1n) is 9.32. The summed E-state index contributed by atoms with van der Waals surface area (Å²) in [5.41, 5.74) is 2.24. The van der Waals surface area contributed by atoms with Crippen LogP contribution < -0.4 is 10.9 Å². The molecular weight excluding hydrogens is 396 g/mol. The lowest BCUT2D eigenvalue weighted by atomic mass is 9.89. The molecule has 1 amide bonds. The molecule has 0 unspecified atom stereocenters. The Labute approximate surface area is 171 Å². The lowest BCUT2D eigenvalue weighted by Crippen LogP contribution is -2.34. The van der Waals surface area contributed by atoms with Gasteiger partial charge in [-0.1, -0.05) is 29.8 Å². The molecule has 8 heteroatoms. The van der Waals surface area contributed by atoms with Crippen molar-refractivity contribution in [3.05, 3.63) is 49.6 Å². The number of benzene rings is 1. The van der Waals surface area contributed by atoms with Crippen molar-refractivity contribution < 1.29 is 4.79 Å². The maximum absolute atomic E-state index is 13.1. The predicted octanol–water partition coefficient (Wildman–Crippen LogP) is 4.14. The lowest BCUT2D eigenvalue weighted by Gasteiger charge is -2.18. The van der Waals surface area contributed by atoms with Gasteiger partial charge in [0.05, 0.1) is 5.39 Å². The molecule has 0 fully saturated rings. The van der Waals surface area contributed by atoms with E-state index in [1.165, 1.54) is 9.56 Å². The average Bonchev–Trinajstić information content (AvgIpc) is 3.03. The highest BCUT2D eigenvalue weighted by molar-refractivity contribution is 7.18. The van der Waals surface area contributed by atoms with Crippen LogP contribution >= 0.6 is 22.9 Å². The van der Waals surface area contributed by atoms with E-state index >= 15 is 0 Å². The van der Waals surface area contributed by atoms with E-state index in [-0.39, 0.29) is 11.5 Å². The van der Waals surface area contributed by atoms with Gasteiger partial charge in [-0.25, -0.2) is 0 Å². The van der Waals surface area contributed by atoms with Gasteiger partial charge in [-0.3, -0.25) is 9.59 Å². The molecule has 0 radical (unpaired) electrons. The van der Waals surface area contributed by atoms with Gasteiger partial charge in [-0.2, -0.15) is 4.68 Å². The van der Waals surface area contributed by atoms with Gasteiger partial charge in [0.2, 0.25) is 5.91 Å². The molecule has 146 valence electrons. The molecule has 4 rings (SSSR count). The second-order valence-corrected chi connectivity index (χ2v) is 8.94. The smallest absolute Gasteiger partial charge is 0.279 e. The second-order valence-electron chi connectivity index (χ2n) is 7.45. The van der Waals surface area contributed by atoms with Crippen molar-refractivity contribution in [3.8, 4) is 0 Å². The highest BCUT2D eigenvalue weighted by atomic mass is 35.5. The number of halogens is 1. The highest BCUT2D eigenvalue weighted by Crippen LogP contribution is 2.35. The Morgan fingerprint density at radius 1 is 1.43 bits per heavy atom. The van der Waals surface area contributed by atoms with Crippen molar-refractivity contribution >= 4 is 44.7 Å². The maximum Gasteiger partial charge on any atom is 0.279 e. The molecule has 2 atom stereocenters. The van der Waals surface area contributed by atoms with Gasteiger partial charge >= 0.3 is 0 Å². The van der Waals surface area contributed by atoms with E-state index < -0.39 is 6.04 Å². The first-order valence-corrected chi connectivity index (χ1v) is 10.5. The minimum Gasteiger partial charge on any atom is -0.324 e. The van der Waals surface area contributed by atoms with Gasteiger partial charge in [0.1, 0.15) is 6.04 Å². The molecule has 0 saturated carbocycles. The van der Waals surface area contributed by atoms with Crippen LogP contribution in [0.1, 0.15) is 42.3 Å². The third-order valence-corrected chi connectivity index (χ3v) is 6.97. The molecule has 0 aliphatic heterocycles.